The Labute approximate surface area is 160 Å². The third kappa shape index (κ3) is 3.79. The summed E-state index contributed by atoms with van der Waals surface area (Å²) in [5.74, 6) is 0.750. The van der Waals surface area contributed by atoms with Crippen LogP contribution >= 0.6 is 11.6 Å². The van der Waals surface area contributed by atoms with Crippen molar-refractivity contribution < 1.29 is 4.79 Å². The molecular weight excluding hydrogens is 348 g/mol. The van der Waals surface area contributed by atoms with Gasteiger partial charge in [0.2, 0.25) is 5.91 Å². The molecule has 3 rings (SSSR count). The molecule has 0 bridgehead atoms. The summed E-state index contributed by atoms with van der Waals surface area (Å²) in [5.41, 5.74) is 4.89. The summed E-state index contributed by atoms with van der Waals surface area (Å²) in [6.45, 7) is 8.63. The van der Waals surface area contributed by atoms with Crippen molar-refractivity contribution in [1.82, 2.24) is 20.0 Å². The van der Waals surface area contributed by atoms with Crippen molar-refractivity contribution in [2.24, 2.45) is 5.92 Å². The number of benzene rings is 1. The van der Waals surface area contributed by atoms with Gasteiger partial charge in [-0.25, -0.2) is 4.68 Å². The number of carbonyl (C=O) groups excluding carboxylic acids is 1. The normalized spacial score (nSPS) is 17.1. The van der Waals surface area contributed by atoms with Gasteiger partial charge in [0.15, 0.2) is 0 Å². The summed E-state index contributed by atoms with van der Waals surface area (Å²) in [6.07, 6.45) is 1.48. The topological polar surface area (TPSA) is 50.2 Å². The summed E-state index contributed by atoms with van der Waals surface area (Å²) >= 11 is 6.27. The van der Waals surface area contributed by atoms with E-state index in [1.165, 1.54) is 0 Å². The second-order valence-corrected chi connectivity index (χ2v) is 7.63. The number of likely N-dealkylation sites (tertiary alicyclic amines) is 1. The van der Waals surface area contributed by atoms with E-state index >= 15 is 0 Å². The lowest BCUT2D eigenvalue weighted by molar-refractivity contribution is -0.129. The molecule has 1 saturated heterocycles. The van der Waals surface area contributed by atoms with Crippen LogP contribution in [0.4, 0.5) is 0 Å². The molecule has 1 aliphatic rings. The first kappa shape index (κ1) is 18.9. The number of nitrogens with one attached hydrogen (secondary N) is 1. The molecule has 2 heterocycles. The van der Waals surface area contributed by atoms with Gasteiger partial charge in [0.25, 0.3) is 0 Å². The number of nitrogens with zero attached hydrogens (tertiary/aromatic N) is 3. The van der Waals surface area contributed by atoms with Crippen molar-refractivity contribution in [3.63, 3.8) is 0 Å². The molecule has 26 heavy (non-hydrogen) atoms. The molecule has 1 aliphatic heterocycles. The van der Waals surface area contributed by atoms with Gasteiger partial charge in [-0.05, 0) is 64.4 Å². The third-order valence-corrected chi connectivity index (χ3v) is 5.71. The third-order valence-electron chi connectivity index (χ3n) is 5.30. The monoisotopic (exact) mass is 374 g/mol. The van der Waals surface area contributed by atoms with Gasteiger partial charge in [0.05, 0.1) is 17.8 Å². The van der Waals surface area contributed by atoms with Crippen molar-refractivity contribution in [2.75, 3.05) is 26.7 Å². The summed E-state index contributed by atoms with van der Waals surface area (Å²) in [7, 11) is 1.96. The van der Waals surface area contributed by atoms with E-state index in [4.69, 9.17) is 11.6 Å². The Bertz CT molecular complexity index is 814. The quantitative estimate of drug-likeness (QED) is 0.875. The van der Waals surface area contributed by atoms with Gasteiger partial charge >= 0.3 is 0 Å². The Hall–Kier alpha value is -1.85. The molecule has 1 atom stereocenters. The summed E-state index contributed by atoms with van der Waals surface area (Å²) < 4.78 is 1.89. The maximum absolute atomic E-state index is 12.8. The SMILES string of the molecule is CNC[C@H]1CCN(C(=O)Cc2c(C)nn(-c3ccc(C)c(Cl)c3)c2C)C1. The van der Waals surface area contributed by atoms with Crippen LogP contribution in [-0.2, 0) is 11.2 Å². The summed E-state index contributed by atoms with van der Waals surface area (Å²) in [6, 6.07) is 5.92. The van der Waals surface area contributed by atoms with E-state index in [0.29, 0.717) is 12.3 Å². The van der Waals surface area contributed by atoms with E-state index in [9.17, 15) is 4.79 Å². The summed E-state index contributed by atoms with van der Waals surface area (Å²) in [5, 5.41) is 8.58. The van der Waals surface area contributed by atoms with Crippen LogP contribution in [0.3, 0.4) is 0 Å². The highest BCUT2D eigenvalue weighted by atomic mass is 35.5. The Morgan fingerprint density at radius 3 is 2.81 bits per heavy atom. The number of aromatic nitrogens is 2. The molecule has 0 aliphatic carbocycles. The highest BCUT2D eigenvalue weighted by Gasteiger charge is 2.27. The summed E-state index contributed by atoms with van der Waals surface area (Å²) in [4.78, 5) is 14.7. The minimum absolute atomic E-state index is 0.191. The Balaban J connectivity index is 1.78. The van der Waals surface area contributed by atoms with Crippen LogP contribution in [-0.4, -0.2) is 47.3 Å². The zero-order valence-corrected chi connectivity index (χ0v) is 16.7. The molecular formula is C20H27ClN4O. The molecule has 1 aromatic carbocycles. The molecule has 0 radical (unpaired) electrons. The van der Waals surface area contributed by atoms with Gasteiger partial charge < -0.3 is 10.2 Å². The Morgan fingerprint density at radius 2 is 2.12 bits per heavy atom. The lowest BCUT2D eigenvalue weighted by Gasteiger charge is -2.17. The number of hydrogen-bond donors (Lipinski definition) is 1. The van der Waals surface area contributed by atoms with Gasteiger partial charge in [-0.3, -0.25) is 4.79 Å². The first-order valence-electron chi connectivity index (χ1n) is 9.14. The van der Waals surface area contributed by atoms with Crippen molar-refractivity contribution in [2.45, 2.75) is 33.6 Å². The highest BCUT2D eigenvalue weighted by Crippen LogP contribution is 2.24. The number of amides is 1. The van der Waals surface area contributed by atoms with Gasteiger partial charge in [-0.15, -0.1) is 0 Å². The molecule has 5 nitrogen and oxygen atoms in total. The van der Waals surface area contributed by atoms with Crippen molar-refractivity contribution in [3.05, 3.63) is 45.7 Å². The van der Waals surface area contributed by atoms with Gasteiger partial charge in [-0.1, -0.05) is 17.7 Å². The van der Waals surface area contributed by atoms with E-state index in [0.717, 1.165) is 59.3 Å². The van der Waals surface area contributed by atoms with Crippen LogP contribution in [0.5, 0.6) is 0 Å². The van der Waals surface area contributed by atoms with Crippen molar-refractivity contribution in [1.29, 1.82) is 0 Å². The molecule has 1 fully saturated rings. The maximum Gasteiger partial charge on any atom is 0.227 e. The second-order valence-electron chi connectivity index (χ2n) is 7.22. The zero-order valence-electron chi connectivity index (χ0n) is 16.0. The van der Waals surface area contributed by atoms with E-state index in [2.05, 4.69) is 10.4 Å². The molecule has 0 saturated carbocycles. The second kappa shape index (κ2) is 7.80. The number of hydrogen-bond acceptors (Lipinski definition) is 3. The molecule has 0 unspecified atom stereocenters. The smallest absolute Gasteiger partial charge is 0.227 e. The molecule has 1 N–H and O–H groups in total. The van der Waals surface area contributed by atoms with Crippen molar-refractivity contribution in [3.8, 4) is 5.69 Å². The Kier molecular flexibility index (Phi) is 5.68. The van der Waals surface area contributed by atoms with Gasteiger partial charge in [0, 0.05) is 29.4 Å². The molecule has 1 amide bonds. The number of carbonyl (C=O) groups is 1. The largest absolute Gasteiger partial charge is 0.342 e. The van der Waals surface area contributed by atoms with Crippen LogP contribution in [0.25, 0.3) is 5.69 Å². The average Bonchev–Trinajstić information content (AvgIpc) is 3.18. The molecule has 140 valence electrons. The van der Waals surface area contributed by atoms with E-state index in [-0.39, 0.29) is 5.91 Å². The van der Waals surface area contributed by atoms with E-state index in [1.54, 1.807) is 0 Å². The predicted octanol–water partition coefficient (Wildman–Crippen LogP) is 3.06. The van der Waals surface area contributed by atoms with Gasteiger partial charge in [0.1, 0.15) is 0 Å². The van der Waals surface area contributed by atoms with Crippen molar-refractivity contribution >= 4 is 17.5 Å². The number of rotatable bonds is 5. The predicted molar refractivity (Wildman–Crippen MR) is 105 cm³/mol. The maximum atomic E-state index is 12.8. The first-order chi connectivity index (χ1) is 12.4. The van der Waals surface area contributed by atoms with Crippen LogP contribution in [0.2, 0.25) is 5.02 Å². The molecule has 1 aromatic heterocycles. The average molecular weight is 375 g/mol. The van der Waals surface area contributed by atoms with Gasteiger partial charge in [-0.2, -0.15) is 5.10 Å². The zero-order chi connectivity index (χ0) is 18.8. The number of halogens is 1. The van der Waals surface area contributed by atoms with Crippen LogP contribution in [0, 0.1) is 26.7 Å². The standard InChI is InChI=1S/C20H27ClN4O/c1-13-5-6-17(9-19(13)21)25-15(3)18(14(2)23-25)10-20(26)24-8-7-16(12-24)11-22-4/h5-6,9,16,22H,7-8,10-12H2,1-4H3/t16-/m1/s1. The van der Waals surface area contributed by atoms with Crippen LogP contribution in [0.1, 0.15) is 28.9 Å². The molecule has 2 aromatic rings. The van der Waals surface area contributed by atoms with E-state index < -0.39 is 0 Å². The minimum Gasteiger partial charge on any atom is -0.342 e. The lowest BCUT2D eigenvalue weighted by Crippen LogP contribution is -2.31. The highest BCUT2D eigenvalue weighted by molar-refractivity contribution is 6.31. The first-order valence-corrected chi connectivity index (χ1v) is 9.52. The Morgan fingerprint density at radius 1 is 1.35 bits per heavy atom. The molecule has 6 heteroatoms. The van der Waals surface area contributed by atoms with Crippen LogP contribution < -0.4 is 5.32 Å². The number of aryl methyl sites for hydroxylation is 2. The fourth-order valence-electron chi connectivity index (χ4n) is 3.67. The minimum atomic E-state index is 0.191. The lowest BCUT2D eigenvalue weighted by atomic mass is 10.1. The fraction of sp³-hybridized carbons (Fsp3) is 0.500. The molecule has 0 spiro atoms. The van der Waals surface area contributed by atoms with Crippen LogP contribution in [0.15, 0.2) is 18.2 Å². The van der Waals surface area contributed by atoms with E-state index in [1.807, 2.05) is 55.6 Å². The fourth-order valence-corrected chi connectivity index (χ4v) is 3.85.